The van der Waals surface area contributed by atoms with Crippen LogP contribution in [0, 0.1) is 0 Å². The third-order valence-electron chi connectivity index (χ3n) is 4.18. The lowest BCUT2D eigenvalue weighted by Crippen LogP contribution is -2.46. The van der Waals surface area contributed by atoms with Crippen LogP contribution in [0.15, 0.2) is 34.0 Å². The smallest absolute Gasteiger partial charge is 0.270 e. The van der Waals surface area contributed by atoms with Gasteiger partial charge >= 0.3 is 0 Å². The molecular weight excluding hydrogens is 362 g/mol. The number of Topliss-reactive ketones (excluding diaryl/α,β-unsaturated/α-hetero) is 1. The fraction of sp³-hybridized carbons (Fsp3) is 0.375. The summed E-state index contributed by atoms with van der Waals surface area (Å²) in [4.78, 5) is 28.3. The van der Waals surface area contributed by atoms with E-state index in [2.05, 4.69) is 9.71 Å². The molecule has 7 nitrogen and oxygen atoms in total. The second-order valence-corrected chi connectivity index (χ2v) is 8.87. The van der Waals surface area contributed by atoms with E-state index in [9.17, 15) is 18.0 Å². The van der Waals surface area contributed by atoms with Gasteiger partial charge in [0.25, 0.3) is 5.91 Å². The highest BCUT2D eigenvalue weighted by Gasteiger charge is 2.28. The normalized spacial score (nSPS) is 16.1. The van der Waals surface area contributed by atoms with Crippen LogP contribution in [-0.4, -0.2) is 49.1 Å². The van der Waals surface area contributed by atoms with Crippen molar-refractivity contribution in [2.24, 2.45) is 0 Å². The average Bonchev–Trinajstić information content (AvgIpc) is 3.26. The monoisotopic (exact) mass is 381 g/mol. The first-order chi connectivity index (χ1) is 11.9. The summed E-state index contributed by atoms with van der Waals surface area (Å²) in [5.41, 5.74) is 0.852. The van der Waals surface area contributed by atoms with Crippen LogP contribution in [0.5, 0.6) is 0 Å². The van der Waals surface area contributed by atoms with E-state index in [1.165, 1.54) is 24.5 Å². The van der Waals surface area contributed by atoms with Crippen molar-refractivity contribution in [3.8, 4) is 0 Å². The first-order valence-electron chi connectivity index (χ1n) is 7.91. The molecule has 9 heteroatoms. The molecule has 2 aromatic rings. The molecular formula is C16H19N3O4S2. The standard InChI is InChI=1S/C16H19N3O4S2/c1-11(20)12-9-14(17-10-12)16(21)19-6-4-13(5-7-19)18-25(22,23)15-3-2-8-24-15/h2-3,8-10,13,17-18H,4-7H2,1H3. The Balaban J connectivity index is 1.58. The molecule has 0 aliphatic carbocycles. The zero-order valence-corrected chi connectivity index (χ0v) is 15.3. The Labute approximate surface area is 150 Å². The number of likely N-dealkylation sites (tertiary alicyclic amines) is 1. The van der Waals surface area contributed by atoms with E-state index >= 15 is 0 Å². The number of amides is 1. The largest absolute Gasteiger partial charge is 0.356 e. The molecule has 0 bridgehead atoms. The zero-order chi connectivity index (χ0) is 18.0. The van der Waals surface area contributed by atoms with Crippen LogP contribution >= 0.6 is 11.3 Å². The number of aromatic amines is 1. The third kappa shape index (κ3) is 4.00. The molecule has 2 N–H and O–H groups in total. The molecule has 3 rings (SSSR count). The molecule has 134 valence electrons. The highest BCUT2D eigenvalue weighted by atomic mass is 32.2. The minimum Gasteiger partial charge on any atom is -0.356 e. The molecule has 0 spiro atoms. The first-order valence-corrected chi connectivity index (χ1v) is 10.3. The Morgan fingerprint density at radius 1 is 1.32 bits per heavy atom. The van der Waals surface area contributed by atoms with Gasteiger partial charge in [-0.15, -0.1) is 11.3 Å². The summed E-state index contributed by atoms with van der Waals surface area (Å²) in [6.45, 7) is 2.37. The number of nitrogens with zero attached hydrogens (tertiary/aromatic N) is 1. The number of hydrogen-bond donors (Lipinski definition) is 2. The number of rotatable bonds is 5. The molecule has 1 amide bonds. The molecule has 0 aromatic carbocycles. The lowest BCUT2D eigenvalue weighted by Gasteiger charge is -2.31. The van der Waals surface area contributed by atoms with Gasteiger partial charge in [0.2, 0.25) is 10.0 Å². The third-order valence-corrected chi connectivity index (χ3v) is 7.10. The minimum absolute atomic E-state index is 0.100. The van der Waals surface area contributed by atoms with Crippen molar-refractivity contribution in [1.82, 2.24) is 14.6 Å². The second kappa shape index (κ2) is 7.11. The Bertz CT molecular complexity index is 863. The van der Waals surface area contributed by atoms with Crippen molar-refractivity contribution in [2.45, 2.75) is 30.0 Å². The van der Waals surface area contributed by atoms with Crippen LogP contribution < -0.4 is 4.72 Å². The SMILES string of the molecule is CC(=O)c1c[nH]c(C(=O)N2CCC(NS(=O)(=O)c3cccs3)CC2)c1. The quantitative estimate of drug-likeness (QED) is 0.772. The van der Waals surface area contributed by atoms with E-state index in [1.54, 1.807) is 28.5 Å². The molecule has 0 unspecified atom stereocenters. The summed E-state index contributed by atoms with van der Waals surface area (Å²) in [6, 6.07) is 4.64. The van der Waals surface area contributed by atoms with Crippen LogP contribution in [-0.2, 0) is 10.0 Å². The molecule has 1 saturated heterocycles. The van der Waals surface area contributed by atoms with Crippen LogP contribution in [0.1, 0.15) is 40.6 Å². The van der Waals surface area contributed by atoms with Gasteiger partial charge in [-0.1, -0.05) is 6.07 Å². The van der Waals surface area contributed by atoms with Gasteiger partial charge < -0.3 is 9.88 Å². The number of carbonyl (C=O) groups excluding carboxylic acids is 2. The van der Waals surface area contributed by atoms with Crippen molar-refractivity contribution >= 4 is 33.1 Å². The van der Waals surface area contributed by atoms with Gasteiger partial charge in [-0.2, -0.15) is 0 Å². The van der Waals surface area contributed by atoms with Gasteiger partial charge in [0, 0.05) is 30.9 Å². The molecule has 0 atom stereocenters. The fourth-order valence-corrected chi connectivity index (χ4v) is 5.10. The number of nitrogens with one attached hydrogen (secondary N) is 2. The molecule has 1 fully saturated rings. The predicted octanol–water partition coefficient (Wildman–Crippen LogP) is 1.86. The average molecular weight is 381 g/mol. The zero-order valence-electron chi connectivity index (χ0n) is 13.7. The summed E-state index contributed by atoms with van der Waals surface area (Å²) < 4.78 is 27.5. The van der Waals surface area contributed by atoms with Crippen LogP contribution in [0.4, 0.5) is 0 Å². The van der Waals surface area contributed by atoms with Crippen molar-refractivity contribution in [1.29, 1.82) is 0 Å². The van der Waals surface area contributed by atoms with Crippen molar-refractivity contribution in [3.05, 3.63) is 41.0 Å². The van der Waals surface area contributed by atoms with Crippen LogP contribution in [0.2, 0.25) is 0 Å². The van der Waals surface area contributed by atoms with Crippen molar-refractivity contribution in [2.75, 3.05) is 13.1 Å². The Kier molecular flexibility index (Phi) is 5.07. The summed E-state index contributed by atoms with van der Waals surface area (Å²) >= 11 is 1.18. The van der Waals surface area contributed by atoms with Gasteiger partial charge in [0.15, 0.2) is 5.78 Å². The molecule has 1 aliphatic rings. The first kappa shape index (κ1) is 17.8. The summed E-state index contributed by atoms with van der Waals surface area (Å²) in [5.74, 6) is -0.274. The highest BCUT2D eigenvalue weighted by Crippen LogP contribution is 2.19. The summed E-state index contributed by atoms with van der Waals surface area (Å²) in [7, 11) is -3.49. The Morgan fingerprint density at radius 2 is 2.04 bits per heavy atom. The van der Waals surface area contributed by atoms with E-state index in [0.29, 0.717) is 41.4 Å². The predicted molar refractivity (Wildman–Crippen MR) is 94.4 cm³/mol. The molecule has 1 aliphatic heterocycles. The van der Waals surface area contributed by atoms with Crippen molar-refractivity contribution < 1.29 is 18.0 Å². The number of piperidine rings is 1. The number of carbonyl (C=O) groups is 2. The molecule has 0 saturated carbocycles. The van der Waals surface area contributed by atoms with Gasteiger partial charge in [0.05, 0.1) is 0 Å². The van der Waals surface area contributed by atoms with E-state index < -0.39 is 10.0 Å². The number of ketones is 1. The Morgan fingerprint density at radius 3 is 2.60 bits per heavy atom. The van der Waals surface area contributed by atoms with E-state index in [4.69, 9.17) is 0 Å². The van der Waals surface area contributed by atoms with E-state index in [0.717, 1.165) is 0 Å². The number of aromatic nitrogens is 1. The van der Waals surface area contributed by atoms with Gasteiger partial charge in [-0.3, -0.25) is 9.59 Å². The topological polar surface area (TPSA) is 99.3 Å². The molecule has 2 aromatic heterocycles. The second-order valence-electron chi connectivity index (χ2n) is 5.98. The number of H-pyrrole nitrogens is 1. The number of sulfonamides is 1. The molecule has 3 heterocycles. The maximum Gasteiger partial charge on any atom is 0.270 e. The lowest BCUT2D eigenvalue weighted by atomic mass is 10.1. The molecule has 25 heavy (non-hydrogen) atoms. The van der Waals surface area contributed by atoms with Gasteiger partial charge in [-0.25, -0.2) is 13.1 Å². The van der Waals surface area contributed by atoms with Gasteiger partial charge in [0.1, 0.15) is 9.90 Å². The summed E-state index contributed by atoms with van der Waals surface area (Å²) in [6.07, 6.45) is 2.63. The van der Waals surface area contributed by atoms with Gasteiger partial charge in [-0.05, 0) is 37.3 Å². The van der Waals surface area contributed by atoms with Crippen LogP contribution in [0.3, 0.4) is 0 Å². The number of hydrogen-bond acceptors (Lipinski definition) is 5. The van der Waals surface area contributed by atoms with E-state index in [1.807, 2.05) is 0 Å². The highest BCUT2D eigenvalue weighted by molar-refractivity contribution is 7.91. The minimum atomic E-state index is -3.49. The van der Waals surface area contributed by atoms with Crippen molar-refractivity contribution in [3.63, 3.8) is 0 Å². The Hall–Kier alpha value is -1.97. The molecule has 0 radical (unpaired) electrons. The fourth-order valence-electron chi connectivity index (χ4n) is 2.79. The summed E-state index contributed by atoms with van der Waals surface area (Å²) in [5, 5.41) is 1.72. The maximum atomic E-state index is 12.5. The number of thiophene rings is 1. The van der Waals surface area contributed by atoms with Crippen LogP contribution in [0.25, 0.3) is 0 Å². The lowest BCUT2D eigenvalue weighted by molar-refractivity contribution is 0.0706. The van der Waals surface area contributed by atoms with E-state index in [-0.39, 0.29) is 17.7 Å². The maximum absolute atomic E-state index is 12.5.